The van der Waals surface area contributed by atoms with Crippen molar-refractivity contribution >= 4 is 35.8 Å². The van der Waals surface area contributed by atoms with Crippen molar-refractivity contribution in [2.45, 2.75) is 658 Å². The molecule has 0 bridgehead atoms. The molecule has 0 atom stereocenters. The van der Waals surface area contributed by atoms with Gasteiger partial charge in [0.05, 0.1) is 0 Å². The van der Waals surface area contributed by atoms with Crippen LogP contribution in [-0.4, -0.2) is 35.8 Å². The largest absolute Gasteiger partial charge is 0.550 e. The first-order chi connectivity index (χ1) is 58.6. The van der Waals surface area contributed by atoms with Crippen molar-refractivity contribution < 1.29 is 80.5 Å². The average Bonchev–Trinajstić information content (AvgIpc) is 1.37. The maximum atomic E-state index is 10.2. The number of carbonyl (C=O) groups excluding carboxylic acids is 6. The maximum Gasteiger partial charge on any atom is 0.0414 e. The third-order valence-corrected chi connectivity index (χ3v) is 23.9. The fraction of sp³-hybridized carbons (Fsp3) is 0.944. The summed E-state index contributed by atoms with van der Waals surface area (Å²) in [6.07, 6.45) is 119. The molecule has 12 nitrogen and oxygen atoms in total. The van der Waals surface area contributed by atoms with Crippen LogP contribution in [0.25, 0.3) is 0 Å². The van der Waals surface area contributed by atoms with Crippen molar-refractivity contribution in [3.8, 4) is 0 Å². The minimum absolute atomic E-state index is 0. The van der Waals surface area contributed by atoms with E-state index in [4.69, 9.17) is 0 Å². The zero-order chi connectivity index (χ0) is 89.3. The molecule has 0 N–H and O–H groups in total. The van der Waals surface area contributed by atoms with Crippen LogP contribution in [0.4, 0.5) is 0 Å². The van der Waals surface area contributed by atoms with Gasteiger partial charge in [-0.2, -0.15) is 0 Å². The molecule has 0 spiro atoms. The predicted octanol–water partition coefficient (Wildman–Crippen LogP) is 30.0. The Morgan fingerprint density at radius 2 is 0.157 bits per heavy atom. The molecule has 0 aliphatic heterocycles. The fourth-order valence-corrected chi connectivity index (χ4v) is 15.8. The summed E-state index contributed by atoms with van der Waals surface area (Å²) in [5.74, 6) is -5.42. The van der Waals surface area contributed by atoms with Crippen LogP contribution >= 0.6 is 0 Å². The van der Waals surface area contributed by atoms with Crippen molar-refractivity contribution in [1.29, 1.82) is 0 Å². The fourth-order valence-electron chi connectivity index (χ4n) is 15.8. The van der Waals surface area contributed by atoms with E-state index in [2.05, 4.69) is 41.5 Å². The molecular weight excluding hydrogens is 1670 g/mol. The molecule has 0 saturated carbocycles. The molecule has 13 heteroatoms. The number of hydrogen-bond donors (Lipinski definition) is 0. The molecular formula is C108H210O12W-6. The summed E-state index contributed by atoms with van der Waals surface area (Å²) in [6.45, 7) is 13.6. The zero-order valence-electron chi connectivity index (χ0n) is 82.2. The molecule has 0 fully saturated rings. The summed E-state index contributed by atoms with van der Waals surface area (Å²) >= 11 is 0. The smallest absolute Gasteiger partial charge is 0.0414 e. The summed E-state index contributed by atoms with van der Waals surface area (Å²) in [5.41, 5.74) is 0. The molecule has 0 heterocycles. The van der Waals surface area contributed by atoms with Gasteiger partial charge in [-0.1, -0.05) is 581 Å². The molecule has 0 aromatic heterocycles. The molecule has 0 amide bonds. The molecule has 0 rings (SSSR count). The monoisotopic (exact) mass is 1880 g/mol. The predicted molar refractivity (Wildman–Crippen MR) is 507 cm³/mol. The van der Waals surface area contributed by atoms with E-state index >= 15 is 0 Å². The minimum Gasteiger partial charge on any atom is -0.550 e. The average molecular weight is 1880 g/mol. The maximum absolute atomic E-state index is 10.2. The van der Waals surface area contributed by atoms with E-state index in [0.29, 0.717) is 0 Å². The van der Waals surface area contributed by atoms with Gasteiger partial charge in [0.25, 0.3) is 0 Å². The van der Waals surface area contributed by atoms with Crippen molar-refractivity contribution in [1.82, 2.24) is 0 Å². The molecule has 0 unspecified atom stereocenters. The second kappa shape index (κ2) is 128. The molecule has 0 saturated heterocycles. The Balaban J connectivity index is -0.000000257. The molecule has 0 aromatic rings. The van der Waals surface area contributed by atoms with Crippen molar-refractivity contribution in [2.24, 2.45) is 0 Å². The van der Waals surface area contributed by atoms with Crippen LogP contribution < -0.4 is 30.6 Å². The van der Waals surface area contributed by atoms with Crippen LogP contribution in [0.1, 0.15) is 658 Å². The van der Waals surface area contributed by atoms with Crippen LogP contribution in [-0.2, 0) is 49.8 Å². The van der Waals surface area contributed by atoms with Gasteiger partial charge in [-0.05, 0) is 77.0 Å². The van der Waals surface area contributed by atoms with Gasteiger partial charge in [0.15, 0.2) is 0 Å². The number of carboxylic acids is 6. The first kappa shape index (κ1) is 132. The normalized spacial score (nSPS) is 10.8. The van der Waals surface area contributed by atoms with Gasteiger partial charge in [-0.15, -0.1) is 0 Å². The van der Waals surface area contributed by atoms with E-state index in [0.717, 1.165) is 77.0 Å². The molecule has 0 aliphatic rings. The summed E-state index contributed by atoms with van der Waals surface area (Å²) in [7, 11) is 0. The third-order valence-electron chi connectivity index (χ3n) is 23.9. The second-order valence-corrected chi connectivity index (χ2v) is 36.4. The Morgan fingerprint density at radius 3 is 0.207 bits per heavy atom. The Hall–Kier alpha value is -2.49. The molecule has 0 aliphatic carbocycles. The van der Waals surface area contributed by atoms with Crippen molar-refractivity contribution in [3.05, 3.63) is 0 Å². The first-order valence-corrected chi connectivity index (χ1v) is 53.8. The number of unbranched alkanes of at least 4 members (excludes halogenated alkanes) is 84. The standard InChI is InChI=1S/6C18H36O2.W/c6*1-2-3-4-5-6-7-8-9-10-11-12-13-14-15-16-17-18(19)20;/h6*2-17H2,1H3,(H,19,20);/p-6. The van der Waals surface area contributed by atoms with Crippen molar-refractivity contribution in [3.63, 3.8) is 0 Å². The number of rotatable bonds is 96. The third kappa shape index (κ3) is 158. The molecule has 0 aromatic carbocycles. The zero-order valence-corrected chi connectivity index (χ0v) is 85.1. The molecule has 0 radical (unpaired) electrons. The Morgan fingerprint density at radius 1 is 0.107 bits per heavy atom. The van der Waals surface area contributed by atoms with Gasteiger partial charge in [0.1, 0.15) is 0 Å². The van der Waals surface area contributed by atoms with E-state index in [1.165, 1.54) is 501 Å². The van der Waals surface area contributed by atoms with E-state index in [9.17, 15) is 59.4 Å². The van der Waals surface area contributed by atoms with Gasteiger partial charge < -0.3 is 59.4 Å². The minimum atomic E-state index is -0.903. The van der Waals surface area contributed by atoms with E-state index in [1.54, 1.807) is 0 Å². The Kier molecular flexibility index (Phi) is 140. The van der Waals surface area contributed by atoms with Crippen LogP contribution in [0.2, 0.25) is 0 Å². The summed E-state index contributed by atoms with van der Waals surface area (Å²) in [6, 6.07) is 0. The van der Waals surface area contributed by atoms with Crippen molar-refractivity contribution in [2.75, 3.05) is 0 Å². The summed E-state index contributed by atoms with van der Waals surface area (Å²) in [5, 5.41) is 61.3. The van der Waals surface area contributed by atoms with Gasteiger partial charge in [0, 0.05) is 56.9 Å². The van der Waals surface area contributed by atoms with Gasteiger partial charge in [0.2, 0.25) is 0 Å². The second-order valence-electron chi connectivity index (χ2n) is 36.4. The molecule has 121 heavy (non-hydrogen) atoms. The van der Waals surface area contributed by atoms with Gasteiger partial charge >= 0.3 is 0 Å². The van der Waals surface area contributed by atoms with Crippen LogP contribution in [0.3, 0.4) is 0 Å². The number of carbonyl (C=O) groups is 6. The Labute approximate surface area is 769 Å². The number of hydrogen-bond acceptors (Lipinski definition) is 12. The first-order valence-electron chi connectivity index (χ1n) is 53.8. The van der Waals surface area contributed by atoms with Gasteiger partial charge in [-0.25, -0.2) is 0 Å². The quantitative estimate of drug-likeness (QED) is 0.0517. The SMILES string of the molecule is CCCCCCCCCCCCCCCCCC(=O)[O-].CCCCCCCCCCCCCCCCCC(=O)[O-].CCCCCCCCCCCCCCCCCC(=O)[O-].CCCCCCCCCCCCCCCCCC(=O)[O-].CCCCCCCCCCCCCCCCCC(=O)[O-].CCCCCCCCCCCCCCCCCC(=O)[O-].[W]. The summed E-state index contributed by atoms with van der Waals surface area (Å²) in [4.78, 5) is 61.3. The van der Waals surface area contributed by atoms with E-state index < -0.39 is 35.8 Å². The van der Waals surface area contributed by atoms with E-state index in [1.807, 2.05) is 0 Å². The number of carboxylic acid groups (broad SMARTS) is 6. The topological polar surface area (TPSA) is 241 Å². The van der Waals surface area contributed by atoms with Gasteiger partial charge in [-0.3, -0.25) is 0 Å². The van der Waals surface area contributed by atoms with E-state index in [-0.39, 0.29) is 59.6 Å². The summed E-state index contributed by atoms with van der Waals surface area (Å²) < 4.78 is 0. The van der Waals surface area contributed by atoms with Crippen LogP contribution in [0, 0.1) is 0 Å². The van der Waals surface area contributed by atoms with Crippen LogP contribution in [0.15, 0.2) is 0 Å². The number of aliphatic carboxylic acids is 6. The molecule has 726 valence electrons. The Bertz CT molecular complexity index is 1560. The van der Waals surface area contributed by atoms with Crippen LogP contribution in [0.5, 0.6) is 0 Å².